The number of hydrogen-bond acceptors (Lipinski definition) is 5. The first-order valence-corrected chi connectivity index (χ1v) is 6.91. The maximum atomic E-state index is 10.2. The van der Waals surface area contributed by atoms with Gasteiger partial charge >= 0.3 is 0 Å². The molecule has 0 spiro atoms. The van der Waals surface area contributed by atoms with Crippen molar-refractivity contribution >= 4 is 16.5 Å². The summed E-state index contributed by atoms with van der Waals surface area (Å²) in [4.78, 5) is 9.99. The molecule has 2 rings (SSSR count). The molecule has 0 aliphatic carbocycles. The fourth-order valence-electron chi connectivity index (χ4n) is 2.16. The highest BCUT2D eigenvalue weighted by atomic mass is 32.1. The summed E-state index contributed by atoms with van der Waals surface area (Å²) in [6.45, 7) is 4.74. The van der Waals surface area contributed by atoms with Gasteiger partial charge in [0.1, 0.15) is 0 Å². The van der Waals surface area contributed by atoms with Gasteiger partial charge in [-0.2, -0.15) is 0 Å². The molecule has 1 fully saturated rings. The zero-order chi connectivity index (χ0) is 12.5. The van der Waals surface area contributed by atoms with Crippen molar-refractivity contribution in [1.29, 1.82) is 0 Å². The first-order chi connectivity index (χ1) is 8.02. The second-order valence-corrected chi connectivity index (χ2v) is 6.14. The van der Waals surface area contributed by atoms with Gasteiger partial charge in [-0.1, -0.05) is 6.92 Å². The Morgan fingerprint density at radius 2 is 2.35 bits per heavy atom. The third-order valence-corrected chi connectivity index (χ3v) is 4.52. The van der Waals surface area contributed by atoms with E-state index in [0.29, 0.717) is 0 Å². The van der Waals surface area contributed by atoms with E-state index in [0.717, 1.165) is 37.6 Å². The largest absolute Gasteiger partial charge is 0.389 e. The van der Waals surface area contributed by atoms with E-state index in [1.165, 1.54) is 4.88 Å². The number of aliphatic hydroxyl groups is 1. The smallest absolute Gasteiger partial charge is 0.185 e. The summed E-state index contributed by atoms with van der Waals surface area (Å²) in [7, 11) is 4.02. The number of β-amino-alcohol motifs (C(OH)–C–C–N with tert-alkyl or cyclic N) is 1. The van der Waals surface area contributed by atoms with E-state index in [1.54, 1.807) is 11.3 Å². The van der Waals surface area contributed by atoms with Crippen LogP contribution < -0.4 is 4.90 Å². The van der Waals surface area contributed by atoms with Crippen molar-refractivity contribution in [3.63, 3.8) is 0 Å². The van der Waals surface area contributed by atoms with Crippen LogP contribution in [0.3, 0.4) is 0 Å². The van der Waals surface area contributed by atoms with Crippen molar-refractivity contribution in [3.8, 4) is 0 Å². The number of thiazole rings is 1. The lowest BCUT2D eigenvalue weighted by molar-refractivity contribution is 0.0448. The van der Waals surface area contributed by atoms with Crippen molar-refractivity contribution in [1.82, 2.24) is 9.88 Å². The Labute approximate surface area is 107 Å². The van der Waals surface area contributed by atoms with Gasteiger partial charge in [0.2, 0.25) is 0 Å². The SMILES string of the molecule is CCC1(O)CCN(Cc2cnc(N(C)C)s2)C1. The Morgan fingerprint density at radius 3 is 2.88 bits per heavy atom. The maximum absolute atomic E-state index is 10.2. The fraction of sp³-hybridized carbons (Fsp3) is 0.750. The number of nitrogens with zero attached hydrogens (tertiary/aromatic N) is 3. The molecule has 0 amide bonds. The van der Waals surface area contributed by atoms with Crippen LogP contribution in [0.2, 0.25) is 0 Å². The molecular formula is C12H21N3OS. The lowest BCUT2D eigenvalue weighted by atomic mass is 10.0. The summed E-state index contributed by atoms with van der Waals surface area (Å²) in [5.74, 6) is 0. The molecule has 1 unspecified atom stereocenters. The highest BCUT2D eigenvalue weighted by molar-refractivity contribution is 7.15. The molecule has 1 atom stereocenters. The van der Waals surface area contributed by atoms with Crippen LogP contribution >= 0.6 is 11.3 Å². The zero-order valence-electron chi connectivity index (χ0n) is 10.8. The van der Waals surface area contributed by atoms with Gasteiger partial charge in [0.05, 0.1) is 5.60 Å². The van der Waals surface area contributed by atoms with Crippen LogP contribution in [0.1, 0.15) is 24.6 Å². The fourth-order valence-corrected chi connectivity index (χ4v) is 3.04. The lowest BCUT2D eigenvalue weighted by Gasteiger charge is -2.21. The van der Waals surface area contributed by atoms with Crippen LogP contribution in [0.15, 0.2) is 6.20 Å². The molecular weight excluding hydrogens is 234 g/mol. The molecule has 0 bridgehead atoms. The van der Waals surface area contributed by atoms with Crippen molar-refractivity contribution in [2.45, 2.75) is 31.9 Å². The average molecular weight is 255 g/mol. The van der Waals surface area contributed by atoms with E-state index in [1.807, 2.05) is 25.2 Å². The summed E-state index contributed by atoms with van der Waals surface area (Å²) in [6.07, 6.45) is 3.68. The van der Waals surface area contributed by atoms with Gasteiger partial charge in [-0.3, -0.25) is 4.90 Å². The molecule has 1 N–H and O–H groups in total. The molecule has 1 aliphatic heterocycles. The predicted molar refractivity (Wildman–Crippen MR) is 71.6 cm³/mol. The van der Waals surface area contributed by atoms with Crippen molar-refractivity contribution in [2.24, 2.45) is 0 Å². The lowest BCUT2D eigenvalue weighted by Crippen LogP contribution is -2.31. The monoisotopic (exact) mass is 255 g/mol. The summed E-state index contributed by atoms with van der Waals surface area (Å²) in [5, 5.41) is 11.2. The van der Waals surface area contributed by atoms with Crippen LogP contribution in [-0.4, -0.2) is 47.8 Å². The van der Waals surface area contributed by atoms with Gasteiger partial charge in [-0.25, -0.2) is 4.98 Å². The Bertz CT molecular complexity index is 380. The molecule has 0 saturated carbocycles. The number of aromatic nitrogens is 1. The third kappa shape index (κ3) is 2.97. The van der Waals surface area contributed by atoms with E-state index in [2.05, 4.69) is 16.8 Å². The number of anilines is 1. The Kier molecular flexibility index (Phi) is 3.70. The summed E-state index contributed by atoms with van der Waals surface area (Å²) >= 11 is 1.73. The second-order valence-electron chi connectivity index (χ2n) is 5.04. The van der Waals surface area contributed by atoms with Gasteiger partial charge in [0.25, 0.3) is 0 Å². The molecule has 2 heterocycles. The highest BCUT2D eigenvalue weighted by Crippen LogP contribution is 2.28. The zero-order valence-corrected chi connectivity index (χ0v) is 11.6. The van der Waals surface area contributed by atoms with Crippen LogP contribution in [0.4, 0.5) is 5.13 Å². The first-order valence-electron chi connectivity index (χ1n) is 6.09. The van der Waals surface area contributed by atoms with E-state index in [4.69, 9.17) is 0 Å². The predicted octanol–water partition coefficient (Wildman–Crippen LogP) is 1.56. The Morgan fingerprint density at radius 1 is 1.59 bits per heavy atom. The molecule has 1 aliphatic rings. The van der Waals surface area contributed by atoms with Gasteiger partial charge in [-0.15, -0.1) is 11.3 Å². The van der Waals surface area contributed by atoms with Crippen LogP contribution in [0, 0.1) is 0 Å². The van der Waals surface area contributed by atoms with E-state index in [9.17, 15) is 5.11 Å². The van der Waals surface area contributed by atoms with Crippen LogP contribution in [-0.2, 0) is 6.54 Å². The molecule has 0 radical (unpaired) electrons. The van der Waals surface area contributed by atoms with Crippen LogP contribution in [0.25, 0.3) is 0 Å². The minimum atomic E-state index is -0.463. The van der Waals surface area contributed by atoms with Gasteiger partial charge in [0.15, 0.2) is 5.13 Å². The Balaban J connectivity index is 1.93. The van der Waals surface area contributed by atoms with Crippen molar-refractivity contribution in [2.75, 3.05) is 32.1 Å². The molecule has 4 nitrogen and oxygen atoms in total. The molecule has 1 saturated heterocycles. The Hall–Kier alpha value is -0.650. The van der Waals surface area contributed by atoms with E-state index >= 15 is 0 Å². The number of likely N-dealkylation sites (tertiary alicyclic amines) is 1. The topological polar surface area (TPSA) is 39.6 Å². The van der Waals surface area contributed by atoms with E-state index in [-0.39, 0.29) is 0 Å². The first kappa shape index (κ1) is 12.8. The average Bonchev–Trinajstić information content (AvgIpc) is 2.87. The maximum Gasteiger partial charge on any atom is 0.185 e. The molecule has 17 heavy (non-hydrogen) atoms. The van der Waals surface area contributed by atoms with Crippen LogP contribution in [0.5, 0.6) is 0 Å². The summed E-state index contributed by atoms with van der Waals surface area (Å²) in [5.41, 5.74) is -0.463. The molecule has 5 heteroatoms. The van der Waals surface area contributed by atoms with Gasteiger partial charge in [-0.05, 0) is 12.8 Å². The quantitative estimate of drug-likeness (QED) is 0.886. The number of hydrogen-bond donors (Lipinski definition) is 1. The number of rotatable bonds is 4. The summed E-state index contributed by atoms with van der Waals surface area (Å²) < 4.78 is 0. The second kappa shape index (κ2) is 4.92. The minimum absolute atomic E-state index is 0.463. The molecule has 0 aromatic carbocycles. The molecule has 1 aromatic rings. The standard InChI is InChI=1S/C12H21N3OS/c1-4-12(16)5-6-15(9-12)8-10-7-13-11(17-10)14(2)3/h7,16H,4-6,8-9H2,1-3H3. The van der Waals surface area contributed by atoms with E-state index < -0.39 is 5.60 Å². The minimum Gasteiger partial charge on any atom is -0.389 e. The van der Waals surface area contributed by atoms with Gasteiger partial charge in [0, 0.05) is 44.8 Å². The highest BCUT2D eigenvalue weighted by Gasteiger charge is 2.34. The normalized spacial score (nSPS) is 25.4. The molecule has 1 aromatic heterocycles. The molecule has 96 valence electrons. The van der Waals surface area contributed by atoms with Crippen molar-refractivity contribution < 1.29 is 5.11 Å². The van der Waals surface area contributed by atoms with Gasteiger partial charge < -0.3 is 10.0 Å². The van der Waals surface area contributed by atoms with Crippen molar-refractivity contribution in [3.05, 3.63) is 11.1 Å². The summed E-state index contributed by atoms with van der Waals surface area (Å²) in [6, 6.07) is 0. The third-order valence-electron chi connectivity index (χ3n) is 3.37.